The van der Waals surface area contributed by atoms with Gasteiger partial charge >= 0.3 is 6.03 Å². The summed E-state index contributed by atoms with van der Waals surface area (Å²) in [5, 5.41) is 5.76. The van der Waals surface area contributed by atoms with Gasteiger partial charge in [-0.15, -0.1) is 0 Å². The van der Waals surface area contributed by atoms with Crippen LogP contribution in [0.5, 0.6) is 0 Å². The van der Waals surface area contributed by atoms with E-state index in [2.05, 4.69) is 34.4 Å². The molecule has 0 radical (unpaired) electrons. The number of rotatable bonds is 4. The van der Waals surface area contributed by atoms with Gasteiger partial charge in [-0.1, -0.05) is 13.8 Å². The highest BCUT2D eigenvalue weighted by atomic mass is 16.2. The first kappa shape index (κ1) is 12.4. The molecule has 1 aromatic carbocycles. The van der Waals surface area contributed by atoms with E-state index in [1.54, 1.807) is 6.33 Å². The second-order valence-electron chi connectivity index (χ2n) is 4.25. The maximum absolute atomic E-state index is 11.8. The summed E-state index contributed by atoms with van der Waals surface area (Å²) >= 11 is 0. The van der Waals surface area contributed by atoms with Crippen molar-refractivity contribution in [1.29, 1.82) is 0 Å². The van der Waals surface area contributed by atoms with Crippen molar-refractivity contribution < 1.29 is 4.79 Å². The molecule has 96 valence electrons. The molecule has 0 saturated heterocycles. The Bertz CT molecular complexity index is 531. The van der Waals surface area contributed by atoms with Gasteiger partial charge in [-0.2, -0.15) is 0 Å². The summed E-state index contributed by atoms with van der Waals surface area (Å²) in [6.45, 7) is 4.12. The summed E-state index contributed by atoms with van der Waals surface area (Å²) in [7, 11) is 0. The summed E-state index contributed by atoms with van der Waals surface area (Å²) < 4.78 is 0. The van der Waals surface area contributed by atoms with Gasteiger partial charge in [0, 0.05) is 11.7 Å². The van der Waals surface area contributed by atoms with Gasteiger partial charge < -0.3 is 15.6 Å². The quantitative estimate of drug-likeness (QED) is 0.776. The van der Waals surface area contributed by atoms with Crippen LogP contribution in [0.15, 0.2) is 24.5 Å². The van der Waals surface area contributed by atoms with E-state index in [9.17, 15) is 4.79 Å². The van der Waals surface area contributed by atoms with E-state index in [0.29, 0.717) is 0 Å². The number of fused-ring (bicyclic) bond motifs is 1. The molecule has 3 N–H and O–H groups in total. The number of nitrogens with zero attached hydrogens (tertiary/aromatic N) is 1. The molecule has 0 spiro atoms. The number of carbonyl (C=O) groups is 1. The van der Waals surface area contributed by atoms with Crippen molar-refractivity contribution in [3.8, 4) is 0 Å². The number of carbonyl (C=O) groups excluding carboxylic acids is 1. The molecule has 1 heterocycles. The second-order valence-corrected chi connectivity index (χ2v) is 4.25. The lowest BCUT2D eigenvalue weighted by Crippen LogP contribution is -2.37. The van der Waals surface area contributed by atoms with E-state index >= 15 is 0 Å². The van der Waals surface area contributed by atoms with Crippen molar-refractivity contribution in [2.75, 3.05) is 5.32 Å². The molecule has 5 nitrogen and oxygen atoms in total. The molecule has 5 heteroatoms. The van der Waals surface area contributed by atoms with E-state index in [1.165, 1.54) is 0 Å². The van der Waals surface area contributed by atoms with Crippen molar-refractivity contribution in [2.24, 2.45) is 0 Å². The third kappa shape index (κ3) is 2.80. The number of anilines is 1. The van der Waals surface area contributed by atoms with Crippen LogP contribution in [0, 0.1) is 0 Å². The molecule has 0 atom stereocenters. The van der Waals surface area contributed by atoms with Gasteiger partial charge in [0.15, 0.2) is 0 Å². The third-order valence-corrected chi connectivity index (χ3v) is 3.00. The topological polar surface area (TPSA) is 69.8 Å². The van der Waals surface area contributed by atoms with Crippen LogP contribution in [0.3, 0.4) is 0 Å². The highest BCUT2D eigenvalue weighted by molar-refractivity contribution is 5.91. The summed E-state index contributed by atoms with van der Waals surface area (Å²) in [5.41, 5.74) is 2.56. The predicted molar refractivity (Wildman–Crippen MR) is 72.6 cm³/mol. The fraction of sp³-hybridized carbons (Fsp3) is 0.385. The van der Waals surface area contributed by atoms with Crippen molar-refractivity contribution in [2.45, 2.75) is 32.7 Å². The summed E-state index contributed by atoms with van der Waals surface area (Å²) in [4.78, 5) is 18.9. The van der Waals surface area contributed by atoms with E-state index in [-0.39, 0.29) is 12.1 Å². The third-order valence-electron chi connectivity index (χ3n) is 3.00. The minimum absolute atomic E-state index is 0.164. The molecule has 2 aromatic rings. The maximum Gasteiger partial charge on any atom is 0.319 e. The largest absolute Gasteiger partial charge is 0.345 e. The van der Waals surface area contributed by atoms with E-state index < -0.39 is 0 Å². The first-order valence-corrected chi connectivity index (χ1v) is 6.23. The molecule has 1 aromatic heterocycles. The Morgan fingerprint density at radius 3 is 2.89 bits per heavy atom. The van der Waals surface area contributed by atoms with Crippen LogP contribution >= 0.6 is 0 Å². The minimum atomic E-state index is -0.164. The lowest BCUT2D eigenvalue weighted by Gasteiger charge is -2.15. The molecule has 0 aliphatic carbocycles. The highest BCUT2D eigenvalue weighted by Gasteiger charge is 2.08. The summed E-state index contributed by atoms with van der Waals surface area (Å²) in [5.74, 6) is 0. The van der Waals surface area contributed by atoms with E-state index in [4.69, 9.17) is 0 Å². The first-order chi connectivity index (χ1) is 8.72. The maximum atomic E-state index is 11.8. The van der Waals surface area contributed by atoms with Crippen molar-refractivity contribution >= 4 is 22.8 Å². The van der Waals surface area contributed by atoms with Gasteiger partial charge in [-0.05, 0) is 31.0 Å². The molecule has 2 rings (SSSR count). The Labute approximate surface area is 106 Å². The van der Waals surface area contributed by atoms with Crippen LogP contribution in [0.1, 0.15) is 26.7 Å². The smallest absolute Gasteiger partial charge is 0.319 e. The molecule has 18 heavy (non-hydrogen) atoms. The van der Waals surface area contributed by atoms with Crippen LogP contribution in [0.2, 0.25) is 0 Å². The molecule has 0 fully saturated rings. The van der Waals surface area contributed by atoms with Crippen LogP contribution in [0.4, 0.5) is 10.5 Å². The average Bonchev–Trinajstić information content (AvgIpc) is 2.83. The lowest BCUT2D eigenvalue weighted by molar-refractivity contribution is 0.247. The van der Waals surface area contributed by atoms with Gasteiger partial charge in [-0.25, -0.2) is 9.78 Å². The zero-order chi connectivity index (χ0) is 13.0. The predicted octanol–water partition coefficient (Wildman–Crippen LogP) is 2.87. The van der Waals surface area contributed by atoms with Gasteiger partial charge in [0.2, 0.25) is 0 Å². The number of hydrogen-bond donors (Lipinski definition) is 3. The Morgan fingerprint density at radius 2 is 2.17 bits per heavy atom. The molecular weight excluding hydrogens is 228 g/mol. The number of urea groups is 1. The zero-order valence-electron chi connectivity index (χ0n) is 10.7. The Morgan fingerprint density at radius 1 is 1.39 bits per heavy atom. The lowest BCUT2D eigenvalue weighted by atomic mass is 10.2. The number of benzene rings is 1. The molecule has 0 aliphatic rings. The fourth-order valence-electron chi connectivity index (χ4n) is 1.86. The first-order valence-electron chi connectivity index (χ1n) is 6.23. The Kier molecular flexibility index (Phi) is 3.82. The summed E-state index contributed by atoms with van der Waals surface area (Å²) in [6, 6.07) is 5.65. The van der Waals surface area contributed by atoms with Gasteiger partial charge in [0.25, 0.3) is 0 Å². The number of aromatic nitrogens is 2. The van der Waals surface area contributed by atoms with Crippen LogP contribution < -0.4 is 10.6 Å². The zero-order valence-corrected chi connectivity index (χ0v) is 10.7. The Hall–Kier alpha value is -2.04. The number of aromatic amines is 1. The standard InChI is InChI=1S/C13H18N4O/c1-3-9(4-2)16-13(18)17-10-5-6-11-12(7-10)15-8-14-11/h5-9H,3-4H2,1-2H3,(H,14,15)(H2,16,17,18). The molecular formula is C13H18N4O. The Balaban J connectivity index is 2.01. The fourth-order valence-corrected chi connectivity index (χ4v) is 1.86. The minimum Gasteiger partial charge on any atom is -0.345 e. The van der Waals surface area contributed by atoms with Crippen LogP contribution in [-0.2, 0) is 0 Å². The highest BCUT2D eigenvalue weighted by Crippen LogP contribution is 2.15. The van der Waals surface area contributed by atoms with Crippen LogP contribution in [0.25, 0.3) is 11.0 Å². The SMILES string of the molecule is CCC(CC)NC(=O)Nc1ccc2nc[nH]c2c1. The molecule has 0 bridgehead atoms. The number of H-pyrrole nitrogens is 1. The molecule has 0 aliphatic heterocycles. The van der Waals surface area contributed by atoms with Gasteiger partial charge in [0.1, 0.15) is 0 Å². The second kappa shape index (κ2) is 5.53. The molecule has 0 unspecified atom stereocenters. The molecule has 2 amide bonds. The normalized spacial score (nSPS) is 10.8. The van der Waals surface area contributed by atoms with Crippen LogP contribution in [-0.4, -0.2) is 22.0 Å². The molecule has 0 saturated carbocycles. The monoisotopic (exact) mass is 246 g/mol. The number of amides is 2. The van der Waals surface area contributed by atoms with Gasteiger partial charge in [-0.3, -0.25) is 0 Å². The summed E-state index contributed by atoms with van der Waals surface area (Å²) in [6.07, 6.45) is 3.51. The number of hydrogen-bond acceptors (Lipinski definition) is 2. The van der Waals surface area contributed by atoms with Crippen molar-refractivity contribution in [3.63, 3.8) is 0 Å². The number of imidazole rings is 1. The average molecular weight is 246 g/mol. The van der Waals surface area contributed by atoms with Gasteiger partial charge in [0.05, 0.1) is 17.4 Å². The van der Waals surface area contributed by atoms with E-state index in [1.807, 2.05) is 18.2 Å². The number of nitrogens with one attached hydrogen (secondary N) is 3. The van der Waals surface area contributed by atoms with Crippen molar-refractivity contribution in [1.82, 2.24) is 15.3 Å². The van der Waals surface area contributed by atoms with Crippen molar-refractivity contribution in [3.05, 3.63) is 24.5 Å². The van der Waals surface area contributed by atoms with E-state index in [0.717, 1.165) is 29.6 Å².